The Hall–Kier alpha value is -0.900. The van der Waals surface area contributed by atoms with Crippen LogP contribution in [0.1, 0.15) is 84.0 Å². The van der Waals surface area contributed by atoms with Crippen LogP contribution in [-0.4, -0.2) is 60.9 Å². The fourth-order valence-corrected chi connectivity index (χ4v) is 3.94. The third-order valence-corrected chi connectivity index (χ3v) is 5.49. The highest BCUT2D eigenvalue weighted by Crippen LogP contribution is 2.45. The molecule has 176 valence electrons. The van der Waals surface area contributed by atoms with E-state index >= 15 is 0 Å². The lowest BCUT2D eigenvalue weighted by Gasteiger charge is -2.29. The van der Waals surface area contributed by atoms with E-state index in [4.69, 9.17) is 14.2 Å². The molecule has 0 radical (unpaired) electrons. The smallest absolute Gasteiger partial charge is 0.472 e. The number of phosphoric ester groups is 1. The highest BCUT2D eigenvalue weighted by atomic mass is 31.2. The van der Waals surface area contributed by atoms with Gasteiger partial charge >= 0.3 is 13.8 Å². The first-order valence-electron chi connectivity index (χ1n) is 11.2. The molecule has 7 nitrogen and oxygen atoms in total. The van der Waals surface area contributed by atoms with E-state index in [1.54, 1.807) is 0 Å². The number of hydrogen-bond donors (Lipinski definition) is 2. The molecule has 0 rings (SSSR count). The summed E-state index contributed by atoms with van der Waals surface area (Å²) in [6, 6.07) is 0. The lowest BCUT2D eigenvalue weighted by Crippen LogP contribution is -2.42. The summed E-state index contributed by atoms with van der Waals surface area (Å²) in [5, 5.41) is 8.98. The predicted molar refractivity (Wildman–Crippen MR) is 120 cm³/mol. The van der Waals surface area contributed by atoms with Crippen LogP contribution in [0.25, 0.3) is 0 Å². The Morgan fingerprint density at radius 1 is 0.967 bits per heavy atom. The topological polar surface area (TPSA) is 93.1 Å². The molecule has 0 amide bonds. The Balaban J connectivity index is 3.90. The summed E-state index contributed by atoms with van der Waals surface area (Å²) in [4.78, 5) is 20.8. The van der Waals surface area contributed by atoms with Gasteiger partial charge in [-0.05, 0) is 19.3 Å². The molecular formula is C22H43NO6P+. The number of likely N-dealkylation sites (N-methyl/N-ethyl adjacent to an activating group) is 1. The van der Waals surface area contributed by atoms with Gasteiger partial charge in [0.25, 0.3) is 0 Å². The predicted octanol–water partition coefficient (Wildman–Crippen LogP) is 4.98. The van der Waals surface area contributed by atoms with Crippen LogP contribution < -0.4 is 0 Å². The van der Waals surface area contributed by atoms with Crippen molar-refractivity contribution in [2.45, 2.75) is 90.1 Å². The van der Waals surface area contributed by atoms with Gasteiger partial charge in [0.05, 0.1) is 34.2 Å². The van der Waals surface area contributed by atoms with Gasteiger partial charge in [0, 0.05) is 12.8 Å². The monoisotopic (exact) mass is 448 g/mol. The van der Waals surface area contributed by atoms with Crippen molar-refractivity contribution in [1.82, 2.24) is 0 Å². The Bertz CT molecular complexity index is 564. The zero-order valence-electron chi connectivity index (χ0n) is 19.4. The number of hydrogen-bond acceptors (Lipinski definition) is 4. The maximum atomic E-state index is 12.1. The van der Waals surface area contributed by atoms with Gasteiger partial charge < -0.3 is 14.5 Å². The molecule has 0 heterocycles. The number of aliphatic carboxylic acids is 1. The molecule has 0 fully saturated rings. The molecule has 0 aromatic carbocycles. The molecule has 0 spiro atoms. The second kappa shape index (κ2) is 16.8. The lowest BCUT2D eigenvalue weighted by atomic mass is 10.1. The van der Waals surface area contributed by atoms with E-state index in [1.165, 1.54) is 32.1 Å². The minimum atomic E-state index is -4.27. The molecule has 2 atom stereocenters. The standard InChI is InChI=1S/C22H42NO6P/c1-5-6-7-8-9-10-11-12-13-14-15-16-17-18-28-30(26,27)29-21(19-22(24)25)20-23(2,3)4/h21H,5-10,13-20H2,1-4H3,(H-,24,25,26,27)/p+1. The van der Waals surface area contributed by atoms with Crippen LogP contribution in [0.4, 0.5) is 0 Å². The molecule has 0 aromatic heterocycles. The zero-order chi connectivity index (χ0) is 22.9. The van der Waals surface area contributed by atoms with Gasteiger partial charge in [-0.1, -0.05) is 45.4 Å². The summed E-state index contributed by atoms with van der Waals surface area (Å²) in [5.74, 6) is 5.36. The molecule has 0 bridgehead atoms. The molecule has 2 unspecified atom stereocenters. The van der Waals surface area contributed by atoms with Crippen molar-refractivity contribution < 1.29 is 32.9 Å². The summed E-state index contributed by atoms with van der Waals surface area (Å²) in [7, 11) is 1.31. The summed E-state index contributed by atoms with van der Waals surface area (Å²) >= 11 is 0. The van der Waals surface area contributed by atoms with E-state index in [2.05, 4.69) is 18.8 Å². The molecule has 30 heavy (non-hydrogen) atoms. The first-order valence-corrected chi connectivity index (χ1v) is 12.7. The van der Waals surface area contributed by atoms with Crippen molar-refractivity contribution in [2.24, 2.45) is 0 Å². The molecular weight excluding hydrogens is 405 g/mol. The maximum Gasteiger partial charge on any atom is 0.472 e. The highest BCUT2D eigenvalue weighted by molar-refractivity contribution is 7.47. The highest BCUT2D eigenvalue weighted by Gasteiger charge is 2.31. The molecule has 0 aliphatic rings. The Labute approximate surface area is 183 Å². The van der Waals surface area contributed by atoms with Crippen LogP contribution in [0, 0.1) is 11.8 Å². The van der Waals surface area contributed by atoms with Gasteiger partial charge in [0.1, 0.15) is 12.6 Å². The van der Waals surface area contributed by atoms with Gasteiger partial charge in [0.2, 0.25) is 0 Å². The number of nitrogens with zero attached hydrogens (tertiary/aromatic N) is 1. The third-order valence-electron chi connectivity index (χ3n) is 4.42. The van der Waals surface area contributed by atoms with E-state index in [9.17, 15) is 14.3 Å². The fourth-order valence-electron chi connectivity index (χ4n) is 3.00. The van der Waals surface area contributed by atoms with Crippen molar-refractivity contribution in [3.8, 4) is 11.8 Å². The van der Waals surface area contributed by atoms with Gasteiger partial charge in [-0.2, -0.15) is 0 Å². The van der Waals surface area contributed by atoms with E-state index in [-0.39, 0.29) is 13.0 Å². The number of carboxylic acid groups (broad SMARTS) is 1. The van der Waals surface area contributed by atoms with Crippen LogP contribution in [0.15, 0.2) is 0 Å². The summed E-state index contributed by atoms with van der Waals surface area (Å²) in [6.07, 6.45) is 10.5. The van der Waals surface area contributed by atoms with Crippen LogP contribution in [-0.2, 0) is 18.4 Å². The molecule has 0 aromatic rings. The Morgan fingerprint density at radius 2 is 1.50 bits per heavy atom. The van der Waals surface area contributed by atoms with Crippen molar-refractivity contribution in [3.05, 3.63) is 0 Å². The summed E-state index contributed by atoms with van der Waals surface area (Å²) in [6.45, 7) is 2.62. The second-order valence-electron chi connectivity index (χ2n) is 8.78. The quantitative estimate of drug-likeness (QED) is 0.133. The van der Waals surface area contributed by atoms with Crippen molar-refractivity contribution in [2.75, 3.05) is 34.3 Å². The van der Waals surface area contributed by atoms with Crippen LogP contribution in [0.2, 0.25) is 0 Å². The summed E-state index contributed by atoms with van der Waals surface area (Å²) in [5.41, 5.74) is 0. The molecule has 8 heteroatoms. The van der Waals surface area contributed by atoms with E-state index in [0.717, 1.165) is 32.1 Å². The minimum absolute atomic E-state index is 0.112. The molecule has 0 saturated heterocycles. The van der Waals surface area contributed by atoms with E-state index < -0.39 is 19.9 Å². The van der Waals surface area contributed by atoms with Crippen LogP contribution in [0.3, 0.4) is 0 Å². The first-order chi connectivity index (χ1) is 14.1. The number of carboxylic acids is 1. The number of quaternary nitrogens is 1. The van der Waals surface area contributed by atoms with Gasteiger partial charge in [0.15, 0.2) is 0 Å². The Morgan fingerprint density at radius 3 is 2.00 bits per heavy atom. The van der Waals surface area contributed by atoms with Gasteiger partial charge in [-0.25, -0.2) is 4.57 Å². The third kappa shape index (κ3) is 20.4. The number of phosphoric acid groups is 1. The van der Waals surface area contributed by atoms with Gasteiger partial charge in [-0.3, -0.25) is 13.8 Å². The van der Waals surface area contributed by atoms with Crippen molar-refractivity contribution in [3.63, 3.8) is 0 Å². The zero-order valence-corrected chi connectivity index (χ0v) is 20.3. The molecule has 0 aliphatic heterocycles. The largest absolute Gasteiger partial charge is 0.481 e. The normalized spacial score (nSPS) is 14.6. The fraction of sp³-hybridized carbons (Fsp3) is 0.864. The maximum absolute atomic E-state index is 12.1. The number of carbonyl (C=O) groups is 1. The lowest BCUT2D eigenvalue weighted by molar-refractivity contribution is -0.873. The Kier molecular flexibility index (Phi) is 16.2. The second-order valence-corrected chi connectivity index (χ2v) is 10.2. The number of rotatable bonds is 18. The van der Waals surface area contributed by atoms with Crippen molar-refractivity contribution >= 4 is 13.8 Å². The average molecular weight is 449 g/mol. The summed E-state index contributed by atoms with van der Waals surface area (Å²) < 4.78 is 22.6. The van der Waals surface area contributed by atoms with Crippen LogP contribution >= 0.6 is 7.82 Å². The minimum Gasteiger partial charge on any atom is -0.481 e. The average Bonchev–Trinajstić information content (AvgIpc) is 2.59. The van der Waals surface area contributed by atoms with Crippen molar-refractivity contribution in [1.29, 1.82) is 0 Å². The van der Waals surface area contributed by atoms with E-state index in [0.29, 0.717) is 17.4 Å². The van der Waals surface area contributed by atoms with E-state index in [1.807, 2.05) is 21.1 Å². The first kappa shape index (κ1) is 29.1. The number of unbranched alkanes of at least 4 members (excludes halogenated alkanes) is 9. The molecule has 0 aliphatic carbocycles. The molecule has 2 N–H and O–H groups in total. The molecule has 0 saturated carbocycles. The van der Waals surface area contributed by atoms with Crippen LogP contribution in [0.5, 0.6) is 0 Å². The van der Waals surface area contributed by atoms with Gasteiger partial charge in [-0.15, -0.1) is 11.8 Å². The SMILES string of the molecule is CCCCCCCC#CCCCCCCOP(=O)(O)OC(CC(=O)O)C[N+](C)(C)C.